The fourth-order valence-corrected chi connectivity index (χ4v) is 4.94. The van der Waals surface area contributed by atoms with Gasteiger partial charge in [-0.2, -0.15) is 0 Å². The first-order valence-electron chi connectivity index (χ1n) is 8.92. The van der Waals surface area contributed by atoms with Crippen LogP contribution in [0.1, 0.15) is 5.56 Å². The van der Waals surface area contributed by atoms with E-state index >= 15 is 0 Å². The highest BCUT2D eigenvalue weighted by Gasteiger charge is 2.32. The molecule has 11 nitrogen and oxygen atoms in total. The lowest BCUT2D eigenvalue weighted by Gasteiger charge is -2.18. The van der Waals surface area contributed by atoms with Crippen molar-refractivity contribution in [1.29, 1.82) is 0 Å². The van der Waals surface area contributed by atoms with Crippen molar-refractivity contribution in [3.63, 3.8) is 0 Å². The van der Waals surface area contributed by atoms with E-state index in [1.807, 2.05) is 0 Å². The first kappa shape index (κ1) is 21.8. The third-order valence-corrected chi connectivity index (χ3v) is 6.47. The van der Waals surface area contributed by atoms with Crippen molar-refractivity contribution >= 4 is 51.5 Å². The zero-order chi connectivity index (χ0) is 24.5. The monoisotopic (exact) mass is 471 g/mol. The van der Waals surface area contributed by atoms with Crippen molar-refractivity contribution in [2.45, 2.75) is 6.54 Å². The lowest BCUT2D eigenvalue weighted by Crippen LogP contribution is -2.06. The molecule has 0 aliphatic carbocycles. The van der Waals surface area contributed by atoms with Crippen LogP contribution < -0.4 is 5.46 Å². The molecule has 0 bridgehead atoms. The maximum absolute atomic E-state index is 10.7. The number of thiophene rings is 1. The van der Waals surface area contributed by atoms with E-state index in [0.717, 1.165) is 0 Å². The first-order valence-corrected chi connectivity index (χ1v) is 9.74. The molecule has 0 unspecified atom stereocenters. The number of fused-ring (bicyclic) bond motifs is 3. The number of aliphatic imine (C=N–C) groups is 1. The minimum atomic E-state index is -1.10. The van der Waals surface area contributed by atoms with E-state index in [4.69, 9.17) is 7.85 Å². The topological polar surface area (TPSA) is 215 Å². The quantitative estimate of drug-likeness (QED) is 0.0904. The summed E-state index contributed by atoms with van der Waals surface area (Å²) in [6.45, 7) is 2.82. The summed E-state index contributed by atoms with van der Waals surface area (Å²) >= 11 is 0.557. The van der Waals surface area contributed by atoms with Crippen LogP contribution >= 0.6 is 11.3 Å². The number of phenolic OH excluding ortho intramolecular Hbond substituents is 10. The van der Waals surface area contributed by atoms with Gasteiger partial charge in [0.1, 0.15) is 19.3 Å². The highest BCUT2D eigenvalue weighted by atomic mass is 32.1. The Balaban J connectivity index is 2.30. The Hall–Kier alpha value is -4.39. The summed E-state index contributed by atoms with van der Waals surface area (Å²) in [4.78, 5) is 3.47. The molecule has 0 spiro atoms. The Morgan fingerprint density at radius 2 is 1.09 bits per heavy atom. The van der Waals surface area contributed by atoms with Crippen molar-refractivity contribution in [3.8, 4) is 68.6 Å². The fourth-order valence-electron chi connectivity index (χ4n) is 3.64. The zero-order valence-corrected chi connectivity index (χ0v) is 17.1. The standard InChI is InChI=1S/C20H14BNO10S/c1-22-2-3-9(23)13(27)4(14(28)10(3)24)5-11(25)8(21)12(26)6-7-15(29)16(30)17(31)18(32)20(7)33-19(5)6/h23-32H,1-2H2. The van der Waals surface area contributed by atoms with E-state index in [9.17, 15) is 51.1 Å². The SMILES string of the molecule is [B]c1c(O)c(-c2c(O)c(O)c(CN=C)c(O)c2O)c2sc3c(O)c(O)c(O)c(O)c3c2c1O. The summed E-state index contributed by atoms with van der Waals surface area (Å²) < 4.78 is -0.483. The van der Waals surface area contributed by atoms with Gasteiger partial charge in [-0.3, -0.25) is 4.99 Å². The predicted octanol–water partition coefficient (Wildman–Crippen LogP) is 1.77. The van der Waals surface area contributed by atoms with E-state index in [2.05, 4.69) is 11.7 Å². The van der Waals surface area contributed by atoms with Gasteiger partial charge >= 0.3 is 0 Å². The number of rotatable bonds is 3. The van der Waals surface area contributed by atoms with Gasteiger partial charge in [-0.05, 0) is 12.2 Å². The average Bonchev–Trinajstić information content (AvgIpc) is 3.19. The Morgan fingerprint density at radius 1 is 0.576 bits per heavy atom. The molecule has 13 heteroatoms. The van der Waals surface area contributed by atoms with Gasteiger partial charge in [0, 0.05) is 10.9 Å². The third-order valence-electron chi connectivity index (χ3n) is 5.26. The van der Waals surface area contributed by atoms with E-state index < -0.39 is 74.1 Å². The summed E-state index contributed by atoms with van der Waals surface area (Å²) in [5, 5.41) is 103. The van der Waals surface area contributed by atoms with Crippen LogP contribution in [0.2, 0.25) is 0 Å². The molecule has 1 aromatic heterocycles. The molecule has 0 aliphatic rings. The minimum absolute atomic E-state index is 0.219. The number of hydrogen-bond acceptors (Lipinski definition) is 12. The van der Waals surface area contributed by atoms with Crippen LogP contribution in [0, 0.1) is 0 Å². The number of phenols is 10. The van der Waals surface area contributed by atoms with Gasteiger partial charge in [0.05, 0.1) is 32.5 Å². The predicted molar refractivity (Wildman–Crippen MR) is 120 cm³/mol. The second kappa shape index (κ2) is 7.07. The summed E-state index contributed by atoms with van der Waals surface area (Å²) in [5.41, 5.74) is -2.27. The van der Waals surface area contributed by atoms with Gasteiger partial charge in [-0.1, -0.05) is 0 Å². The Kier molecular flexibility index (Phi) is 4.67. The summed E-state index contributed by atoms with van der Waals surface area (Å²) in [6, 6.07) is 0. The lowest BCUT2D eigenvalue weighted by atomic mass is 9.86. The van der Waals surface area contributed by atoms with E-state index in [1.54, 1.807) is 0 Å². The molecule has 168 valence electrons. The van der Waals surface area contributed by atoms with Gasteiger partial charge in [0.2, 0.25) is 11.5 Å². The summed E-state index contributed by atoms with van der Waals surface area (Å²) in [5.74, 6) is -9.45. The van der Waals surface area contributed by atoms with Crippen molar-refractivity contribution in [1.82, 2.24) is 0 Å². The van der Waals surface area contributed by atoms with Gasteiger partial charge in [0.15, 0.2) is 34.5 Å². The van der Waals surface area contributed by atoms with Crippen LogP contribution in [-0.4, -0.2) is 65.6 Å². The summed E-state index contributed by atoms with van der Waals surface area (Å²) in [7, 11) is 5.78. The highest BCUT2D eigenvalue weighted by Crippen LogP contribution is 2.60. The molecule has 3 aromatic carbocycles. The number of aromatic hydroxyl groups is 10. The molecule has 4 rings (SSSR count). The minimum Gasteiger partial charge on any atom is -0.508 e. The van der Waals surface area contributed by atoms with Crippen LogP contribution in [0.4, 0.5) is 0 Å². The molecular formula is C20H14BNO10S. The highest BCUT2D eigenvalue weighted by molar-refractivity contribution is 7.27. The molecule has 4 aromatic rings. The van der Waals surface area contributed by atoms with Crippen LogP contribution in [0.5, 0.6) is 57.5 Å². The molecule has 0 fully saturated rings. The molecule has 0 aliphatic heterocycles. The smallest absolute Gasteiger partial charge is 0.205 e. The molecular weight excluding hydrogens is 457 g/mol. The molecule has 0 saturated heterocycles. The van der Waals surface area contributed by atoms with E-state index in [1.165, 1.54) is 0 Å². The van der Waals surface area contributed by atoms with Gasteiger partial charge in [-0.15, -0.1) is 11.3 Å². The van der Waals surface area contributed by atoms with Gasteiger partial charge in [-0.25, -0.2) is 0 Å². The molecule has 0 amide bonds. The summed E-state index contributed by atoms with van der Waals surface area (Å²) in [6.07, 6.45) is 0. The zero-order valence-electron chi connectivity index (χ0n) is 16.3. The second-order valence-electron chi connectivity index (χ2n) is 7.02. The largest absolute Gasteiger partial charge is 0.508 e. The molecule has 2 radical (unpaired) electrons. The van der Waals surface area contributed by atoms with Crippen LogP contribution in [0.3, 0.4) is 0 Å². The van der Waals surface area contributed by atoms with Crippen LogP contribution in [0.25, 0.3) is 31.3 Å². The molecule has 0 saturated carbocycles. The third kappa shape index (κ3) is 2.65. The molecule has 1 heterocycles. The number of hydrogen-bond donors (Lipinski definition) is 10. The average molecular weight is 471 g/mol. The fraction of sp³-hybridized carbons (Fsp3) is 0.0500. The van der Waals surface area contributed by atoms with Crippen molar-refractivity contribution in [2.24, 2.45) is 4.99 Å². The Morgan fingerprint density at radius 3 is 1.64 bits per heavy atom. The first-order chi connectivity index (χ1) is 15.4. The van der Waals surface area contributed by atoms with Crippen molar-refractivity contribution in [2.75, 3.05) is 0 Å². The van der Waals surface area contributed by atoms with Crippen LogP contribution in [0.15, 0.2) is 4.99 Å². The van der Waals surface area contributed by atoms with E-state index in [0.29, 0.717) is 11.3 Å². The van der Waals surface area contributed by atoms with Crippen molar-refractivity contribution < 1.29 is 51.1 Å². The van der Waals surface area contributed by atoms with Gasteiger partial charge in [0.25, 0.3) is 0 Å². The number of nitrogens with zero attached hydrogens (tertiary/aromatic N) is 1. The van der Waals surface area contributed by atoms with E-state index in [-0.39, 0.29) is 32.3 Å². The lowest BCUT2D eigenvalue weighted by molar-refractivity contribution is 0.351. The van der Waals surface area contributed by atoms with Crippen LogP contribution in [-0.2, 0) is 6.54 Å². The molecule has 33 heavy (non-hydrogen) atoms. The Bertz CT molecular complexity index is 1500. The molecule has 10 N–H and O–H groups in total. The number of benzene rings is 3. The van der Waals surface area contributed by atoms with Crippen molar-refractivity contribution in [3.05, 3.63) is 5.56 Å². The molecule has 0 atom stereocenters. The Labute approximate surface area is 188 Å². The van der Waals surface area contributed by atoms with Gasteiger partial charge < -0.3 is 51.1 Å². The normalized spacial score (nSPS) is 11.4. The maximum atomic E-state index is 10.7. The second-order valence-corrected chi connectivity index (χ2v) is 8.04. The maximum Gasteiger partial charge on any atom is 0.205 e.